The predicted molar refractivity (Wildman–Crippen MR) is 71.6 cm³/mol. The van der Waals surface area contributed by atoms with Crippen molar-refractivity contribution in [1.82, 2.24) is 10.2 Å². The number of ether oxygens (including phenoxy) is 1. The topological polar surface area (TPSA) is 58.6 Å². The molecule has 5 heteroatoms. The average Bonchev–Trinajstić information content (AvgIpc) is 3.13. The molecule has 19 heavy (non-hydrogen) atoms. The zero-order chi connectivity index (χ0) is 14.1. The molecule has 1 unspecified atom stereocenters. The molecule has 2 fully saturated rings. The van der Waals surface area contributed by atoms with Crippen molar-refractivity contribution in [3.8, 4) is 0 Å². The van der Waals surface area contributed by atoms with Crippen LogP contribution in [0.25, 0.3) is 0 Å². The van der Waals surface area contributed by atoms with Crippen molar-refractivity contribution in [2.75, 3.05) is 26.8 Å². The predicted octanol–water partition coefficient (Wildman–Crippen LogP) is 0.930. The second-order valence-electron chi connectivity index (χ2n) is 6.14. The number of rotatable bonds is 6. The number of nitrogens with one attached hydrogen (secondary N) is 1. The lowest BCUT2D eigenvalue weighted by Gasteiger charge is -2.40. The van der Waals surface area contributed by atoms with E-state index < -0.39 is 5.54 Å². The fourth-order valence-corrected chi connectivity index (χ4v) is 2.75. The van der Waals surface area contributed by atoms with Crippen LogP contribution >= 0.6 is 0 Å². The van der Waals surface area contributed by atoms with E-state index in [-0.39, 0.29) is 23.8 Å². The molecule has 1 aliphatic carbocycles. The molecule has 5 nitrogen and oxygen atoms in total. The molecule has 0 aromatic carbocycles. The lowest BCUT2D eigenvalue weighted by molar-refractivity contribution is -0.150. The summed E-state index contributed by atoms with van der Waals surface area (Å²) in [4.78, 5) is 26.0. The van der Waals surface area contributed by atoms with E-state index in [0.717, 1.165) is 25.9 Å². The van der Waals surface area contributed by atoms with Gasteiger partial charge in [-0.3, -0.25) is 9.59 Å². The van der Waals surface area contributed by atoms with Gasteiger partial charge in [-0.05, 0) is 38.0 Å². The summed E-state index contributed by atoms with van der Waals surface area (Å²) in [5.41, 5.74) is -0.537. The largest absolute Gasteiger partial charge is 0.385 e. The Morgan fingerprint density at radius 3 is 2.58 bits per heavy atom. The van der Waals surface area contributed by atoms with Crippen LogP contribution in [0.3, 0.4) is 0 Å². The monoisotopic (exact) mass is 268 g/mol. The Hall–Kier alpha value is -1.10. The first kappa shape index (κ1) is 14.3. The summed E-state index contributed by atoms with van der Waals surface area (Å²) in [7, 11) is 1.70. The molecule has 0 radical (unpaired) electrons. The highest BCUT2D eigenvalue weighted by Gasteiger charge is 2.48. The first-order chi connectivity index (χ1) is 8.95. The van der Waals surface area contributed by atoms with Gasteiger partial charge in [-0.1, -0.05) is 6.92 Å². The van der Waals surface area contributed by atoms with Crippen molar-refractivity contribution in [1.29, 1.82) is 0 Å². The van der Waals surface area contributed by atoms with Gasteiger partial charge < -0.3 is 15.0 Å². The zero-order valence-corrected chi connectivity index (χ0v) is 12.1. The van der Waals surface area contributed by atoms with E-state index in [2.05, 4.69) is 5.32 Å². The van der Waals surface area contributed by atoms with Crippen LogP contribution < -0.4 is 5.32 Å². The molecule has 2 rings (SSSR count). The van der Waals surface area contributed by atoms with Gasteiger partial charge in [0.05, 0.1) is 6.54 Å². The minimum absolute atomic E-state index is 0.0495. The van der Waals surface area contributed by atoms with Crippen LogP contribution in [-0.4, -0.2) is 49.1 Å². The zero-order valence-electron chi connectivity index (χ0n) is 12.1. The van der Waals surface area contributed by atoms with Crippen molar-refractivity contribution in [2.45, 2.75) is 45.1 Å². The third-order valence-electron chi connectivity index (χ3n) is 4.54. The summed E-state index contributed by atoms with van der Waals surface area (Å²) < 4.78 is 5.13. The summed E-state index contributed by atoms with van der Waals surface area (Å²) in [5.74, 6) is 0.00443. The van der Waals surface area contributed by atoms with Gasteiger partial charge in [0.25, 0.3) is 0 Å². The van der Waals surface area contributed by atoms with Gasteiger partial charge in [0, 0.05) is 20.3 Å². The lowest BCUT2D eigenvalue weighted by atomic mass is 9.92. The molecule has 1 heterocycles. The van der Waals surface area contributed by atoms with Crippen molar-refractivity contribution < 1.29 is 14.3 Å². The Morgan fingerprint density at radius 2 is 2.05 bits per heavy atom. The van der Waals surface area contributed by atoms with Crippen LogP contribution in [0.1, 0.15) is 39.5 Å². The van der Waals surface area contributed by atoms with Gasteiger partial charge in [0.2, 0.25) is 11.8 Å². The van der Waals surface area contributed by atoms with Crippen LogP contribution in [0.2, 0.25) is 0 Å². The minimum atomic E-state index is -0.729. The minimum Gasteiger partial charge on any atom is -0.385 e. The summed E-state index contributed by atoms with van der Waals surface area (Å²) in [5, 5.41) is 2.82. The number of hydrogen-bond acceptors (Lipinski definition) is 3. The van der Waals surface area contributed by atoms with Crippen molar-refractivity contribution in [3.63, 3.8) is 0 Å². The van der Waals surface area contributed by atoms with Crippen molar-refractivity contribution in [3.05, 3.63) is 0 Å². The number of carbonyl (C=O) groups excluding carboxylic acids is 2. The quantitative estimate of drug-likeness (QED) is 0.779. The molecule has 1 aliphatic heterocycles. The van der Waals surface area contributed by atoms with Gasteiger partial charge in [-0.25, -0.2) is 0 Å². The number of amides is 2. The Labute approximate surface area is 114 Å². The Morgan fingerprint density at radius 1 is 1.37 bits per heavy atom. The Balaban J connectivity index is 2.03. The molecular weight excluding hydrogens is 244 g/mol. The number of nitrogens with zero attached hydrogens (tertiary/aromatic N) is 1. The number of piperazine rings is 1. The molecular formula is C14H24N2O3. The first-order valence-corrected chi connectivity index (χ1v) is 7.04. The van der Waals surface area contributed by atoms with E-state index >= 15 is 0 Å². The van der Waals surface area contributed by atoms with E-state index in [0.29, 0.717) is 13.0 Å². The van der Waals surface area contributed by atoms with Crippen LogP contribution in [0.4, 0.5) is 0 Å². The third-order valence-corrected chi connectivity index (χ3v) is 4.54. The molecule has 0 spiro atoms. The van der Waals surface area contributed by atoms with Crippen molar-refractivity contribution in [2.24, 2.45) is 5.41 Å². The third kappa shape index (κ3) is 2.91. The van der Waals surface area contributed by atoms with Crippen molar-refractivity contribution >= 4 is 11.8 Å². The van der Waals surface area contributed by atoms with E-state index in [9.17, 15) is 9.59 Å². The molecule has 0 aromatic heterocycles. The van der Waals surface area contributed by atoms with Gasteiger partial charge in [0.1, 0.15) is 5.54 Å². The summed E-state index contributed by atoms with van der Waals surface area (Å²) in [6, 6.07) is 0. The smallest absolute Gasteiger partial charge is 0.248 e. The van der Waals surface area contributed by atoms with Crippen LogP contribution in [0.15, 0.2) is 0 Å². The summed E-state index contributed by atoms with van der Waals surface area (Å²) >= 11 is 0. The summed E-state index contributed by atoms with van der Waals surface area (Å²) in [6.07, 6.45) is 3.85. The maximum atomic E-state index is 12.5. The highest BCUT2D eigenvalue weighted by atomic mass is 16.5. The molecule has 108 valence electrons. The maximum Gasteiger partial charge on any atom is 0.248 e. The fraction of sp³-hybridized carbons (Fsp3) is 0.857. The van der Waals surface area contributed by atoms with Crippen LogP contribution in [0, 0.1) is 5.41 Å². The number of methoxy groups -OCH3 is 1. The first-order valence-electron chi connectivity index (χ1n) is 7.04. The van der Waals surface area contributed by atoms with Gasteiger partial charge in [0.15, 0.2) is 0 Å². The molecule has 1 N–H and O–H groups in total. The van der Waals surface area contributed by atoms with Gasteiger partial charge >= 0.3 is 0 Å². The van der Waals surface area contributed by atoms with E-state index in [1.54, 1.807) is 12.0 Å². The van der Waals surface area contributed by atoms with Gasteiger partial charge in [-0.15, -0.1) is 0 Å². The normalized spacial score (nSPS) is 29.3. The summed E-state index contributed by atoms with van der Waals surface area (Å²) in [6.45, 7) is 5.36. The van der Waals surface area contributed by atoms with Gasteiger partial charge in [-0.2, -0.15) is 0 Å². The van der Waals surface area contributed by atoms with E-state index in [1.807, 2.05) is 13.8 Å². The Bertz CT molecular complexity index is 379. The molecule has 1 atom stereocenters. The SMILES string of the molecule is CCC1(C)NC(=O)CN(CC2(CCOC)CC2)C1=O. The average molecular weight is 268 g/mol. The lowest BCUT2D eigenvalue weighted by Crippen LogP contribution is -2.65. The molecule has 2 amide bonds. The standard InChI is InChI=1S/C14H24N2O3/c1-4-13(2)12(18)16(9-11(17)15-13)10-14(5-6-14)7-8-19-3/h4-10H2,1-3H3,(H,15,17). The second-order valence-corrected chi connectivity index (χ2v) is 6.14. The number of hydrogen-bond donors (Lipinski definition) is 1. The molecule has 1 saturated heterocycles. The molecule has 2 aliphatic rings. The van der Waals surface area contributed by atoms with E-state index in [1.165, 1.54) is 0 Å². The maximum absolute atomic E-state index is 12.5. The molecule has 1 saturated carbocycles. The van der Waals surface area contributed by atoms with E-state index in [4.69, 9.17) is 4.74 Å². The number of carbonyl (C=O) groups is 2. The highest BCUT2D eigenvalue weighted by molar-refractivity contribution is 5.97. The second kappa shape index (κ2) is 5.12. The Kier molecular flexibility index (Phi) is 3.85. The molecule has 0 aromatic rings. The molecule has 0 bridgehead atoms. The van der Waals surface area contributed by atoms with Crippen LogP contribution in [0.5, 0.6) is 0 Å². The fourth-order valence-electron chi connectivity index (χ4n) is 2.75. The highest BCUT2D eigenvalue weighted by Crippen LogP contribution is 2.49. The van der Waals surface area contributed by atoms with Crippen LogP contribution in [-0.2, 0) is 14.3 Å².